The van der Waals surface area contributed by atoms with Gasteiger partial charge in [0.1, 0.15) is 16.7 Å². The summed E-state index contributed by atoms with van der Waals surface area (Å²) in [7, 11) is 0. The second kappa shape index (κ2) is 7.17. The quantitative estimate of drug-likeness (QED) is 0.444. The predicted molar refractivity (Wildman–Crippen MR) is 91.3 cm³/mol. The van der Waals surface area contributed by atoms with Crippen LogP contribution in [0, 0.1) is 11.3 Å². The van der Waals surface area contributed by atoms with Crippen molar-refractivity contribution in [3.05, 3.63) is 55.6 Å². The van der Waals surface area contributed by atoms with Crippen molar-refractivity contribution in [3.63, 3.8) is 0 Å². The highest BCUT2D eigenvalue weighted by Crippen LogP contribution is 2.34. The number of anilines is 1. The van der Waals surface area contributed by atoms with Gasteiger partial charge in [0, 0.05) is 5.02 Å². The summed E-state index contributed by atoms with van der Waals surface area (Å²) in [5.41, 5.74) is 4.28. The number of nitrogens with zero attached hydrogens (tertiary/aromatic N) is 3. The molecule has 1 heterocycles. The van der Waals surface area contributed by atoms with Crippen molar-refractivity contribution >= 4 is 57.9 Å². The number of nitriles is 1. The van der Waals surface area contributed by atoms with Crippen molar-refractivity contribution < 1.29 is 0 Å². The molecule has 0 atom stereocenters. The normalized spacial score (nSPS) is 11.2. The Morgan fingerprint density at radius 1 is 1.14 bits per heavy atom. The van der Waals surface area contributed by atoms with Gasteiger partial charge in [0.2, 0.25) is 0 Å². The minimum Gasteiger partial charge on any atom is -0.260 e. The van der Waals surface area contributed by atoms with Crippen molar-refractivity contribution in [3.8, 4) is 6.07 Å². The van der Waals surface area contributed by atoms with Crippen molar-refractivity contribution in [2.75, 3.05) is 5.43 Å². The highest BCUT2D eigenvalue weighted by Gasteiger charge is 2.16. The first-order valence-corrected chi connectivity index (χ1v) is 7.46. The molecule has 112 valence electrons. The van der Waals surface area contributed by atoms with E-state index in [1.165, 1.54) is 0 Å². The van der Waals surface area contributed by atoms with E-state index in [-0.39, 0.29) is 26.6 Å². The number of halogens is 4. The minimum atomic E-state index is -0.0428. The lowest BCUT2D eigenvalue weighted by Gasteiger charge is -2.08. The SMILES string of the molecule is C/C(=N\Nc1nc(Cl)c(C#N)c(Cl)c1Cl)c1ccc(Cl)cc1. The van der Waals surface area contributed by atoms with Crippen LogP contribution in [0.25, 0.3) is 0 Å². The summed E-state index contributed by atoms with van der Waals surface area (Å²) in [6.45, 7) is 1.80. The minimum absolute atomic E-state index is 0.0253. The standard InChI is InChI=1S/C14H8Cl4N4/c1-7(8-2-4-9(15)5-3-8)21-22-14-12(17)11(16)10(6-19)13(18)20-14/h2-5H,1H3,(H,20,22)/b21-7+. The van der Waals surface area contributed by atoms with Crippen LogP contribution in [0.5, 0.6) is 0 Å². The molecule has 1 aromatic carbocycles. The van der Waals surface area contributed by atoms with Crippen LogP contribution in [0.15, 0.2) is 29.4 Å². The summed E-state index contributed by atoms with van der Waals surface area (Å²) < 4.78 is 0. The second-order valence-electron chi connectivity index (χ2n) is 4.18. The van der Waals surface area contributed by atoms with E-state index in [2.05, 4.69) is 15.5 Å². The third kappa shape index (κ3) is 3.63. The maximum atomic E-state index is 8.93. The third-order valence-corrected chi connectivity index (χ3v) is 4.11. The fraction of sp³-hybridized carbons (Fsp3) is 0.0714. The van der Waals surface area contributed by atoms with E-state index in [0.29, 0.717) is 10.7 Å². The lowest BCUT2D eigenvalue weighted by molar-refractivity contribution is 1.21. The zero-order chi connectivity index (χ0) is 16.3. The van der Waals surface area contributed by atoms with Crippen molar-refractivity contribution in [2.24, 2.45) is 5.10 Å². The van der Waals surface area contributed by atoms with Crippen LogP contribution >= 0.6 is 46.4 Å². The molecule has 0 unspecified atom stereocenters. The summed E-state index contributed by atoms with van der Waals surface area (Å²) in [5.74, 6) is 0.170. The molecule has 0 bridgehead atoms. The molecule has 1 N–H and O–H groups in total. The van der Waals surface area contributed by atoms with Gasteiger partial charge in [0.15, 0.2) is 11.0 Å². The largest absolute Gasteiger partial charge is 0.260 e. The lowest BCUT2D eigenvalue weighted by atomic mass is 10.1. The average molecular weight is 374 g/mol. The van der Waals surface area contributed by atoms with E-state index in [9.17, 15) is 0 Å². The Morgan fingerprint density at radius 3 is 2.36 bits per heavy atom. The van der Waals surface area contributed by atoms with E-state index in [4.69, 9.17) is 51.7 Å². The summed E-state index contributed by atoms with van der Waals surface area (Å²) in [5, 5.41) is 13.8. The Morgan fingerprint density at radius 2 is 1.77 bits per heavy atom. The van der Waals surface area contributed by atoms with Gasteiger partial charge in [-0.2, -0.15) is 10.4 Å². The molecule has 0 aliphatic rings. The van der Waals surface area contributed by atoms with Gasteiger partial charge >= 0.3 is 0 Å². The fourth-order valence-electron chi connectivity index (χ4n) is 1.57. The average Bonchev–Trinajstić information content (AvgIpc) is 2.50. The highest BCUT2D eigenvalue weighted by molar-refractivity contribution is 6.45. The maximum absolute atomic E-state index is 8.93. The number of pyridine rings is 1. The summed E-state index contributed by atoms with van der Waals surface area (Å²) >= 11 is 23.7. The Labute approximate surface area is 147 Å². The fourth-order valence-corrected chi connectivity index (χ4v) is 2.37. The highest BCUT2D eigenvalue weighted by atomic mass is 35.5. The molecule has 2 rings (SSSR count). The van der Waals surface area contributed by atoms with Crippen LogP contribution in [0.2, 0.25) is 20.2 Å². The zero-order valence-corrected chi connectivity index (χ0v) is 14.2. The van der Waals surface area contributed by atoms with Gasteiger partial charge in [-0.05, 0) is 24.6 Å². The summed E-state index contributed by atoms with van der Waals surface area (Å²) in [4.78, 5) is 3.97. The van der Waals surface area contributed by atoms with Crippen LogP contribution < -0.4 is 5.43 Å². The van der Waals surface area contributed by atoms with Gasteiger partial charge in [-0.3, -0.25) is 5.43 Å². The number of nitrogens with one attached hydrogen (secondary N) is 1. The number of aromatic nitrogens is 1. The Balaban J connectivity index is 2.30. The topological polar surface area (TPSA) is 61.1 Å². The first-order valence-electron chi connectivity index (χ1n) is 5.95. The van der Waals surface area contributed by atoms with E-state index in [0.717, 1.165) is 5.56 Å². The molecule has 0 radical (unpaired) electrons. The predicted octanol–water partition coefficient (Wildman–Crippen LogP) is 5.40. The molecule has 0 spiro atoms. The third-order valence-electron chi connectivity index (χ3n) is 2.74. The monoisotopic (exact) mass is 372 g/mol. The number of rotatable bonds is 3. The zero-order valence-electron chi connectivity index (χ0n) is 11.2. The number of hydrogen-bond donors (Lipinski definition) is 1. The summed E-state index contributed by atoms with van der Waals surface area (Å²) in [6.07, 6.45) is 0. The van der Waals surface area contributed by atoms with Crippen molar-refractivity contribution in [1.82, 2.24) is 4.98 Å². The van der Waals surface area contributed by atoms with E-state index < -0.39 is 0 Å². The second-order valence-corrected chi connectivity index (χ2v) is 5.73. The Bertz CT molecular complexity index is 779. The van der Waals surface area contributed by atoms with Gasteiger partial charge in [-0.1, -0.05) is 58.5 Å². The molecule has 22 heavy (non-hydrogen) atoms. The van der Waals surface area contributed by atoms with Crippen molar-refractivity contribution in [2.45, 2.75) is 6.92 Å². The van der Waals surface area contributed by atoms with Crippen LogP contribution in [-0.4, -0.2) is 10.7 Å². The number of benzene rings is 1. The molecule has 0 aliphatic heterocycles. The van der Waals surface area contributed by atoms with Gasteiger partial charge in [-0.25, -0.2) is 4.98 Å². The molecule has 0 saturated heterocycles. The number of hydrogen-bond acceptors (Lipinski definition) is 4. The molecular weight excluding hydrogens is 366 g/mol. The van der Waals surface area contributed by atoms with Gasteiger partial charge in [-0.15, -0.1) is 0 Å². The summed E-state index contributed by atoms with van der Waals surface area (Å²) in [6, 6.07) is 9.02. The molecule has 0 amide bonds. The molecule has 1 aromatic heterocycles. The number of hydrazone groups is 1. The molecule has 8 heteroatoms. The smallest absolute Gasteiger partial charge is 0.168 e. The molecule has 0 saturated carbocycles. The molecule has 4 nitrogen and oxygen atoms in total. The Kier molecular flexibility index (Phi) is 5.49. The van der Waals surface area contributed by atoms with E-state index >= 15 is 0 Å². The van der Waals surface area contributed by atoms with Gasteiger partial charge < -0.3 is 0 Å². The molecule has 0 aliphatic carbocycles. The molecule has 0 fully saturated rings. The molecular formula is C14H8Cl4N4. The lowest BCUT2D eigenvalue weighted by Crippen LogP contribution is -2.02. The molecule has 2 aromatic rings. The van der Waals surface area contributed by atoms with Crippen LogP contribution in [0.3, 0.4) is 0 Å². The van der Waals surface area contributed by atoms with Gasteiger partial charge in [0.05, 0.1) is 10.7 Å². The first kappa shape index (κ1) is 16.9. The first-order chi connectivity index (χ1) is 10.4. The van der Waals surface area contributed by atoms with E-state index in [1.54, 1.807) is 19.1 Å². The van der Waals surface area contributed by atoms with Crippen LogP contribution in [0.4, 0.5) is 5.82 Å². The maximum Gasteiger partial charge on any atom is 0.168 e. The van der Waals surface area contributed by atoms with Crippen molar-refractivity contribution in [1.29, 1.82) is 5.26 Å². The van der Waals surface area contributed by atoms with Crippen LogP contribution in [-0.2, 0) is 0 Å². The Hall–Kier alpha value is -1.51. The van der Waals surface area contributed by atoms with Crippen LogP contribution in [0.1, 0.15) is 18.1 Å². The van der Waals surface area contributed by atoms with Gasteiger partial charge in [0.25, 0.3) is 0 Å². The van der Waals surface area contributed by atoms with E-state index in [1.807, 2.05) is 18.2 Å².